The van der Waals surface area contributed by atoms with Gasteiger partial charge in [-0.05, 0) is 24.3 Å². The Morgan fingerprint density at radius 3 is 2.93 bits per heavy atom. The Bertz CT molecular complexity index is 1010. The van der Waals surface area contributed by atoms with Crippen molar-refractivity contribution in [2.75, 3.05) is 23.2 Å². The average molecular weight is 433 g/mol. The summed E-state index contributed by atoms with van der Waals surface area (Å²) in [5.74, 6) is 1.51. The van der Waals surface area contributed by atoms with Crippen LogP contribution in [0.5, 0.6) is 11.5 Å². The summed E-state index contributed by atoms with van der Waals surface area (Å²) in [6, 6.07) is 7.99. The third-order valence-electron chi connectivity index (χ3n) is 3.61. The molecule has 0 saturated heterocycles. The molecule has 29 heavy (non-hydrogen) atoms. The van der Waals surface area contributed by atoms with E-state index in [4.69, 9.17) is 13.9 Å². The van der Waals surface area contributed by atoms with Crippen molar-refractivity contribution in [3.8, 4) is 11.5 Å². The van der Waals surface area contributed by atoms with Crippen LogP contribution in [0.1, 0.15) is 5.76 Å². The predicted molar refractivity (Wildman–Crippen MR) is 106 cm³/mol. The Morgan fingerprint density at radius 2 is 2.07 bits per heavy atom. The number of imide groups is 1. The van der Waals surface area contributed by atoms with Crippen LogP contribution in [0.4, 0.5) is 15.6 Å². The molecular weight excluding hydrogens is 418 g/mol. The number of thioether (sulfide) groups is 1. The SMILES string of the molecule is O=C(CSc1nnc(NCc2ccco2)s1)NC(=O)Nc1ccc2c(c1)OCO2. The maximum Gasteiger partial charge on any atom is 0.325 e. The number of ether oxygens (including phenoxy) is 2. The van der Waals surface area contributed by atoms with E-state index in [1.165, 1.54) is 23.1 Å². The first-order valence-corrected chi connectivity index (χ1v) is 10.2. The lowest BCUT2D eigenvalue weighted by molar-refractivity contribution is -0.117. The van der Waals surface area contributed by atoms with Crippen LogP contribution in [0, 0.1) is 0 Å². The molecule has 3 amide bonds. The van der Waals surface area contributed by atoms with Crippen molar-refractivity contribution in [2.45, 2.75) is 10.9 Å². The molecule has 0 radical (unpaired) electrons. The first kappa shape index (κ1) is 19.1. The number of hydrogen-bond acceptors (Lipinski definition) is 10. The van der Waals surface area contributed by atoms with E-state index in [1.807, 2.05) is 6.07 Å². The number of anilines is 2. The van der Waals surface area contributed by atoms with E-state index < -0.39 is 11.9 Å². The molecule has 12 heteroatoms. The predicted octanol–water partition coefficient (Wildman–Crippen LogP) is 2.91. The zero-order valence-electron chi connectivity index (χ0n) is 14.8. The quantitative estimate of drug-likeness (QED) is 0.482. The van der Waals surface area contributed by atoms with E-state index >= 15 is 0 Å². The molecule has 0 bridgehead atoms. The summed E-state index contributed by atoms with van der Waals surface area (Å²) in [6.45, 7) is 0.638. The number of amides is 3. The second-order valence-corrected chi connectivity index (χ2v) is 7.87. The van der Waals surface area contributed by atoms with E-state index in [9.17, 15) is 9.59 Å². The average Bonchev–Trinajstić information content (AvgIpc) is 3.45. The van der Waals surface area contributed by atoms with Crippen LogP contribution in [0.2, 0.25) is 0 Å². The highest BCUT2D eigenvalue weighted by molar-refractivity contribution is 8.01. The van der Waals surface area contributed by atoms with Gasteiger partial charge in [-0.2, -0.15) is 0 Å². The third kappa shape index (κ3) is 5.18. The first-order valence-electron chi connectivity index (χ1n) is 8.39. The van der Waals surface area contributed by atoms with Crippen molar-refractivity contribution in [3.05, 3.63) is 42.4 Å². The largest absolute Gasteiger partial charge is 0.467 e. The molecule has 1 aromatic carbocycles. The van der Waals surface area contributed by atoms with Crippen molar-refractivity contribution < 1.29 is 23.5 Å². The van der Waals surface area contributed by atoms with Crippen LogP contribution < -0.4 is 25.4 Å². The lowest BCUT2D eigenvalue weighted by Crippen LogP contribution is -2.35. The number of aromatic nitrogens is 2. The van der Waals surface area contributed by atoms with E-state index in [-0.39, 0.29) is 12.5 Å². The molecule has 0 atom stereocenters. The fraction of sp³-hybridized carbons (Fsp3) is 0.176. The Kier molecular flexibility index (Phi) is 5.81. The van der Waals surface area contributed by atoms with E-state index in [0.717, 1.165) is 5.76 Å². The summed E-state index contributed by atoms with van der Waals surface area (Å²) < 4.78 is 16.3. The molecule has 3 heterocycles. The standard InChI is InChI=1S/C17H15N5O5S2/c23-14(20-15(24)19-10-3-4-12-13(6-10)27-9-26-12)8-28-17-22-21-16(29-17)18-7-11-2-1-5-25-11/h1-6H,7-9H2,(H,18,21)(H2,19,20,23,24). The number of urea groups is 1. The highest BCUT2D eigenvalue weighted by Gasteiger charge is 2.15. The Hall–Kier alpha value is -3.25. The molecule has 1 aliphatic heterocycles. The van der Waals surface area contributed by atoms with Gasteiger partial charge in [0.05, 0.1) is 18.6 Å². The zero-order valence-corrected chi connectivity index (χ0v) is 16.5. The zero-order chi connectivity index (χ0) is 20.1. The lowest BCUT2D eigenvalue weighted by Gasteiger charge is -2.07. The van der Waals surface area contributed by atoms with Gasteiger partial charge in [-0.1, -0.05) is 23.1 Å². The molecule has 150 valence electrons. The van der Waals surface area contributed by atoms with Gasteiger partial charge in [0, 0.05) is 11.8 Å². The van der Waals surface area contributed by atoms with Crippen LogP contribution in [0.3, 0.4) is 0 Å². The number of nitrogens with zero attached hydrogens (tertiary/aromatic N) is 2. The van der Waals surface area contributed by atoms with Crippen molar-refractivity contribution in [3.63, 3.8) is 0 Å². The molecule has 0 spiro atoms. The van der Waals surface area contributed by atoms with Crippen molar-refractivity contribution in [1.29, 1.82) is 0 Å². The molecule has 3 aromatic rings. The third-order valence-corrected chi connectivity index (χ3v) is 5.62. The van der Waals surface area contributed by atoms with E-state index in [2.05, 4.69) is 26.1 Å². The highest BCUT2D eigenvalue weighted by Crippen LogP contribution is 2.34. The second kappa shape index (κ2) is 8.84. The molecule has 0 saturated carbocycles. The number of carbonyl (C=O) groups is 2. The van der Waals surface area contributed by atoms with Crippen LogP contribution >= 0.6 is 23.1 Å². The van der Waals surface area contributed by atoms with Gasteiger partial charge in [-0.25, -0.2) is 4.79 Å². The maximum absolute atomic E-state index is 12.0. The van der Waals surface area contributed by atoms with Crippen LogP contribution in [0.15, 0.2) is 45.4 Å². The number of fused-ring (bicyclic) bond motifs is 1. The Morgan fingerprint density at radius 1 is 1.17 bits per heavy atom. The van der Waals surface area contributed by atoms with Gasteiger partial charge in [0.25, 0.3) is 0 Å². The van der Waals surface area contributed by atoms with Crippen LogP contribution in [-0.4, -0.2) is 34.7 Å². The first-order chi connectivity index (χ1) is 14.2. The van der Waals surface area contributed by atoms with E-state index in [1.54, 1.807) is 30.5 Å². The van der Waals surface area contributed by atoms with Gasteiger partial charge >= 0.3 is 6.03 Å². The topological polar surface area (TPSA) is 128 Å². The van der Waals surface area contributed by atoms with Crippen molar-refractivity contribution in [1.82, 2.24) is 15.5 Å². The molecule has 0 unspecified atom stereocenters. The minimum absolute atomic E-state index is 0.0291. The van der Waals surface area contributed by atoms with Crippen LogP contribution in [0.25, 0.3) is 0 Å². The number of benzene rings is 1. The molecular formula is C17H15N5O5S2. The number of furan rings is 1. The fourth-order valence-corrected chi connectivity index (χ4v) is 3.89. The maximum atomic E-state index is 12.0. The monoisotopic (exact) mass is 433 g/mol. The normalized spacial score (nSPS) is 11.9. The van der Waals surface area contributed by atoms with Gasteiger partial charge in [0.15, 0.2) is 15.8 Å². The Balaban J connectivity index is 1.20. The summed E-state index contributed by atoms with van der Waals surface area (Å²) in [7, 11) is 0. The molecule has 3 N–H and O–H groups in total. The number of rotatable bonds is 7. The summed E-state index contributed by atoms with van der Waals surface area (Å²) in [5, 5.41) is 16.5. The fourth-order valence-electron chi connectivity index (χ4n) is 2.34. The number of hydrogen-bond donors (Lipinski definition) is 3. The van der Waals surface area contributed by atoms with E-state index in [0.29, 0.717) is 33.2 Å². The van der Waals surface area contributed by atoms with Gasteiger partial charge in [-0.3, -0.25) is 10.1 Å². The van der Waals surface area contributed by atoms with Gasteiger partial charge in [0.1, 0.15) is 5.76 Å². The van der Waals surface area contributed by atoms with Crippen molar-refractivity contribution in [2.24, 2.45) is 0 Å². The minimum Gasteiger partial charge on any atom is -0.467 e. The number of nitrogens with one attached hydrogen (secondary N) is 3. The summed E-state index contributed by atoms with van der Waals surface area (Å²) in [6.07, 6.45) is 1.60. The molecule has 1 aliphatic rings. The molecule has 10 nitrogen and oxygen atoms in total. The minimum atomic E-state index is -0.632. The molecule has 2 aromatic heterocycles. The number of carbonyl (C=O) groups excluding carboxylic acids is 2. The van der Waals surface area contributed by atoms with Crippen LogP contribution in [-0.2, 0) is 11.3 Å². The molecule has 0 aliphatic carbocycles. The summed E-state index contributed by atoms with van der Waals surface area (Å²) in [4.78, 5) is 24.0. The molecule has 4 rings (SSSR count). The lowest BCUT2D eigenvalue weighted by atomic mass is 10.3. The summed E-state index contributed by atoms with van der Waals surface area (Å²) >= 11 is 2.50. The highest BCUT2D eigenvalue weighted by atomic mass is 32.2. The Labute approximate surface area is 173 Å². The van der Waals surface area contributed by atoms with Crippen molar-refractivity contribution >= 4 is 45.9 Å². The smallest absolute Gasteiger partial charge is 0.325 e. The summed E-state index contributed by atoms with van der Waals surface area (Å²) in [5.41, 5.74) is 0.489. The second-order valence-electron chi connectivity index (χ2n) is 5.67. The van der Waals surface area contributed by atoms with Gasteiger partial charge in [0.2, 0.25) is 17.8 Å². The van der Waals surface area contributed by atoms with Gasteiger partial charge < -0.3 is 24.5 Å². The van der Waals surface area contributed by atoms with Gasteiger partial charge in [-0.15, -0.1) is 10.2 Å². The molecule has 0 fully saturated rings.